The Hall–Kier alpha value is -0.970. The largest absolute Gasteiger partial charge is 0.444 e. The molecule has 0 heterocycles. The molecule has 0 unspecified atom stereocenters. The van der Waals surface area contributed by atoms with Gasteiger partial charge >= 0.3 is 6.09 Å². The molecular formula is C12H15Cl2NO3. The van der Waals surface area contributed by atoms with Gasteiger partial charge < -0.3 is 9.84 Å². The molecule has 0 atom stereocenters. The number of amides is 1. The fraction of sp³-hybridized carbons (Fsp3) is 0.417. The van der Waals surface area contributed by atoms with E-state index >= 15 is 0 Å². The van der Waals surface area contributed by atoms with Crippen molar-refractivity contribution in [3.8, 4) is 0 Å². The molecule has 2 N–H and O–H groups in total. The number of hydrogen-bond acceptors (Lipinski definition) is 3. The van der Waals surface area contributed by atoms with Crippen LogP contribution in [0.3, 0.4) is 0 Å². The summed E-state index contributed by atoms with van der Waals surface area (Å²) in [6.07, 6.45) is -0.652. The van der Waals surface area contributed by atoms with E-state index in [1.165, 1.54) is 6.07 Å². The predicted octanol–water partition coefficient (Wildman–Crippen LogP) is 3.83. The summed E-state index contributed by atoms with van der Waals surface area (Å²) in [5, 5.41) is 12.3. The maximum atomic E-state index is 11.6. The normalized spacial score (nSPS) is 11.2. The summed E-state index contributed by atoms with van der Waals surface area (Å²) >= 11 is 11.9. The van der Waals surface area contributed by atoms with Crippen molar-refractivity contribution in [1.29, 1.82) is 0 Å². The Morgan fingerprint density at radius 2 is 1.89 bits per heavy atom. The minimum Gasteiger partial charge on any atom is -0.444 e. The predicted molar refractivity (Wildman–Crippen MR) is 72.2 cm³/mol. The molecule has 18 heavy (non-hydrogen) atoms. The van der Waals surface area contributed by atoms with Crippen LogP contribution in [0.5, 0.6) is 0 Å². The third kappa shape index (κ3) is 4.05. The van der Waals surface area contributed by atoms with E-state index in [9.17, 15) is 9.90 Å². The van der Waals surface area contributed by atoms with E-state index < -0.39 is 11.7 Å². The summed E-state index contributed by atoms with van der Waals surface area (Å²) in [4.78, 5) is 11.6. The number of rotatable bonds is 2. The Balaban J connectivity index is 2.97. The van der Waals surface area contributed by atoms with Crippen molar-refractivity contribution >= 4 is 35.0 Å². The summed E-state index contributed by atoms with van der Waals surface area (Å²) in [5.74, 6) is 0. The van der Waals surface area contributed by atoms with Crippen molar-refractivity contribution in [2.24, 2.45) is 0 Å². The molecule has 0 radical (unpaired) electrons. The van der Waals surface area contributed by atoms with Crippen molar-refractivity contribution in [2.45, 2.75) is 33.0 Å². The van der Waals surface area contributed by atoms with Gasteiger partial charge in [-0.15, -0.1) is 0 Å². The molecular weight excluding hydrogens is 277 g/mol. The number of benzene rings is 1. The summed E-state index contributed by atoms with van der Waals surface area (Å²) in [6.45, 7) is 4.92. The maximum Gasteiger partial charge on any atom is 0.412 e. The van der Waals surface area contributed by atoms with Crippen molar-refractivity contribution in [3.63, 3.8) is 0 Å². The molecule has 100 valence electrons. The van der Waals surface area contributed by atoms with Gasteiger partial charge in [-0.3, -0.25) is 5.32 Å². The second kappa shape index (κ2) is 5.78. The molecule has 0 aliphatic heterocycles. The molecule has 0 saturated heterocycles. The lowest BCUT2D eigenvalue weighted by atomic mass is 10.2. The summed E-state index contributed by atoms with van der Waals surface area (Å²) in [5.41, 5.74) is 0.00469. The molecule has 0 spiro atoms. The van der Waals surface area contributed by atoms with E-state index in [-0.39, 0.29) is 17.3 Å². The zero-order valence-corrected chi connectivity index (χ0v) is 11.9. The van der Waals surface area contributed by atoms with Crippen LogP contribution in [0.2, 0.25) is 10.0 Å². The molecule has 0 saturated carbocycles. The molecule has 1 amide bonds. The molecule has 0 bridgehead atoms. The first-order chi connectivity index (χ1) is 8.24. The van der Waals surface area contributed by atoms with Crippen LogP contribution in [0.25, 0.3) is 0 Å². The van der Waals surface area contributed by atoms with Gasteiger partial charge in [0.15, 0.2) is 0 Å². The van der Waals surface area contributed by atoms with Crippen LogP contribution >= 0.6 is 23.2 Å². The fourth-order valence-corrected chi connectivity index (χ4v) is 1.73. The lowest BCUT2D eigenvalue weighted by Gasteiger charge is -2.21. The third-order valence-corrected chi connectivity index (χ3v) is 2.66. The molecule has 1 aromatic carbocycles. The molecule has 1 aromatic rings. The number of hydrogen-bond donors (Lipinski definition) is 2. The molecule has 0 aromatic heterocycles. The highest BCUT2D eigenvalue weighted by molar-refractivity contribution is 6.36. The van der Waals surface area contributed by atoms with E-state index in [4.69, 9.17) is 27.9 Å². The van der Waals surface area contributed by atoms with Crippen molar-refractivity contribution < 1.29 is 14.6 Å². The first-order valence-electron chi connectivity index (χ1n) is 5.32. The highest BCUT2D eigenvalue weighted by Crippen LogP contribution is 2.32. The van der Waals surface area contributed by atoms with Gasteiger partial charge in [-0.2, -0.15) is 0 Å². The number of aliphatic hydroxyl groups excluding tert-OH is 1. The monoisotopic (exact) mass is 291 g/mol. The van der Waals surface area contributed by atoms with Gasteiger partial charge in [0.2, 0.25) is 0 Å². The number of halogens is 2. The Bertz CT molecular complexity index is 455. The summed E-state index contributed by atoms with van der Waals surface area (Å²) < 4.78 is 5.10. The molecule has 6 heteroatoms. The van der Waals surface area contributed by atoms with Gasteiger partial charge in [-0.1, -0.05) is 23.2 Å². The van der Waals surface area contributed by atoms with Gasteiger partial charge in [0.25, 0.3) is 0 Å². The van der Waals surface area contributed by atoms with E-state index in [1.807, 2.05) is 0 Å². The number of carbonyl (C=O) groups is 1. The smallest absolute Gasteiger partial charge is 0.412 e. The van der Waals surface area contributed by atoms with Crippen LogP contribution in [0, 0.1) is 0 Å². The van der Waals surface area contributed by atoms with Crippen LogP contribution in [-0.2, 0) is 11.3 Å². The zero-order valence-electron chi connectivity index (χ0n) is 10.4. The fourth-order valence-electron chi connectivity index (χ4n) is 1.29. The molecule has 1 rings (SSSR count). The van der Waals surface area contributed by atoms with E-state index in [0.717, 1.165) is 0 Å². The van der Waals surface area contributed by atoms with Crippen LogP contribution in [0.1, 0.15) is 26.3 Å². The average Bonchev–Trinajstić information content (AvgIpc) is 2.21. The van der Waals surface area contributed by atoms with Gasteiger partial charge in [-0.25, -0.2) is 4.79 Å². The number of carbonyl (C=O) groups excluding carboxylic acids is 1. The van der Waals surface area contributed by atoms with Gasteiger partial charge in [0.1, 0.15) is 5.60 Å². The zero-order chi connectivity index (χ0) is 13.9. The minimum absolute atomic E-state index is 0.265. The number of aliphatic hydroxyl groups is 1. The van der Waals surface area contributed by atoms with E-state index in [0.29, 0.717) is 10.6 Å². The number of anilines is 1. The Labute approximate surface area is 116 Å². The second-order valence-corrected chi connectivity index (χ2v) is 5.48. The number of ether oxygens (including phenoxy) is 1. The minimum atomic E-state index is -0.652. The van der Waals surface area contributed by atoms with Gasteiger partial charge in [0, 0.05) is 10.6 Å². The molecule has 0 aliphatic carbocycles. The Kier molecular flexibility index (Phi) is 4.85. The lowest BCUT2D eigenvalue weighted by molar-refractivity contribution is 0.0635. The molecule has 0 aliphatic rings. The SMILES string of the molecule is CC(C)(C)OC(=O)Nc1c(Cl)ccc(Cl)c1CO. The summed E-state index contributed by atoms with van der Waals surface area (Å²) in [7, 11) is 0. The second-order valence-electron chi connectivity index (χ2n) is 4.67. The van der Waals surface area contributed by atoms with Crippen LogP contribution in [0.4, 0.5) is 10.5 Å². The van der Waals surface area contributed by atoms with Crippen LogP contribution in [-0.4, -0.2) is 16.8 Å². The Morgan fingerprint density at radius 1 is 1.33 bits per heavy atom. The number of nitrogens with one attached hydrogen (secondary N) is 1. The molecule has 0 fully saturated rings. The topological polar surface area (TPSA) is 58.6 Å². The maximum absolute atomic E-state index is 11.6. The van der Waals surface area contributed by atoms with Crippen molar-refractivity contribution in [2.75, 3.05) is 5.32 Å². The third-order valence-electron chi connectivity index (χ3n) is 1.99. The first-order valence-corrected chi connectivity index (χ1v) is 6.08. The van der Waals surface area contributed by atoms with Crippen molar-refractivity contribution in [3.05, 3.63) is 27.7 Å². The van der Waals surface area contributed by atoms with E-state index in [2.05, 4.69) is 5.32 Å². The van der Waals surface area contributed by atoms with Crippen molar-refractivity contribution in [1.82, 2.24) is 0 Å². The summed E-state index contributed by atoms with van der Waals surface area (Å²) in [6, 6.07) is 3.09. The quantitative estimate of drug-likeness (QED) is 0.870. The van der Waals surface area contributed by atoms with Crippen LogP contribution < -0.4 is 5.32 Å². The highest BCUT2D eigenvalue weighted by Gasteiger charge is 2.19. The van der Waals surface area contributed by atoms with Gasteiger partial charge in [0.05, 0.1) is 17.3 Å². The highest BCUT2D eigenvalue weighted by atomic mass is 35.5. The first kappa shape index (κ1) is 15.1. The Morgan fingerprint density at radius 3 is 2.39 bits per heavy atom. The van der Waals surface area contributed by atoms with Crippen LogP contribution in [0.15, 0.2) is 12.1 Å². The van der Waals surface area contributed by atoms with Gasteiger partial charge in [-0.05, 0) is 32.9 Å². The molecule has 4 nitrogen and oxygen atoms in total. The average molecular weight is 292 g/mol. The standard InChI is InChI=1S/C12H15Cl2NO3/c1-12(2,3)18-11(17)15-10-7(6-16)8(13)4-5-9(10)14/h4-5,16H,6H2,1-3H3,(H,15,17). The lowest BCUT2D eigenvalue weighted by Crippen LogP contribution is -2.27. The van der Waals surface area contributed by atoms with E-state index in [1.54, 1.807) is 26.8 Å².